The van der Waals surface area contributed by atoms with E-state index in [4.69, 9.17) is 0 Å². The molecule has 6 aromatic rings. The fraction of sp³-hybridized carbons (Fsp3) is 0.138. The number of aryl methyl sites for hydroxylation is 1. The van der Waals surface area contributed by atoms with Gasteiger partial charge in [-0.25, -0.2) is 13.2 Å². The highest BCUT2D eigenvalue weighted by molar-refractivity contribution is 7.92. The van der Waals surface area contributed by atoms with Crippen LogP contribution in [-0.2, 0) is 17.1 Å². The van der Waals surface area contributed by atoms with E-state index in [2.05, 4.69) is 20.8 Å². The van der Waals surface area contributed by atoms with Crippen molar-refractivity contribution in [2.75, 3.05) is 10.5 Å². The molecule has 0 spiro atoms. The monoisotopic (exact) mass is 523 g/mol. The topological polar surface area (TPSA) is 98.9 Å². The van der Waals surface area contributed by atoms with E-state index in [0.29, 0.717) is 23.3 Å². The molecule has 0 fully saturated rings. The van der Waals surface area contributed by atoms with E-state index in [1.54, 1.807) is 46.6 Å². The zero-order valence-electron chi connectivity index (χ0n) is 20.9. The fourth-order valence-corrected chi connectivity index (χ4v) is 5.96. The van der Waals surface area contributed by atoms with Gasteiger partial charge < -0.3 is 0 Å². The highest BCUT2D eigenvalue weighted by atomic mass is 32.2. The smallest absolute Gasteiger partial charge is 0.293 e. The number of hydrogen-bond donors (Lipinski definition) is 1. The lowest BCUT2D eigenvalue weighted by Crippen LogP contribution is -2.21. The molecule has 1 N–H and O–H groups in total. The Bertz CT molecular complexity index is 2010. The van der Waals surface area contributed by atoms with Crippen molar-refractivity contribution < 1.29 is 8.42 Å². The number of fused-ring (bicyclic) bond motifs is 4. The summed E-state index contributed by atoms with van der Waals surface area (Å²) in [5.41, 5.74) is 5.92. The number of aromatic nitrogens is 4. The van der Waals surface area contributed by atoms with Crippen LogP contribution >= 0.6 is 0 Å². The summed E-state index contributed by atoms with van der Waals surface area (Å²) in [5.74, 6) is 0.0472. The molecule has 0 bridgehead atoms. The van der Waals surface area contributed by atoms with Crippen LogP contribution in [0.25, 0.3) is 49.7 Å². The Labute approximate surface area is 219 Å². The quantitative estimate of drug-likeness (QED) is 0.322. The molecular formula is C29H25N5O3S. The number of nitrogens with zero attached hydrogens (tertiary/aromatic N) is 4. The molecule has 0 aliphatic heterocycles. The first kappa shape index (κ1) is 23.9. The van der Waals surface area contributed by atoms with Gasteiger partial charge in [0, 0.05) is 35.3 Å². The molecular weight excluding hydrogens is 498 g/mol. The molecule has 3 heterocycles. The minimum Gasteiger partial charge on any atom is -0.293 e. The minimum absolute atomic E-state index is 0.0472. The summed E-state index contributed by atoms with van der Waals surface area (Å²) in [4.78, 5) is 22.6. The lowest BCUT2D eigenvalue weighted by Gasteiger charge is -2.10. The average Bonchev–Trinajstić information content (AvgIpc) is 3.18. The molecule has 3 aromatic carbocycles. The van der Waals surface area contributed by atoms with E-state index in [9.17, 15) is 13.2 Å². The molecule has 6 rings (SSSR count). The molecule has 3 aromatic heterocycles. The Kier molecular flexibility index (Phi) is 5.72. The summed E-state index contributed by atoms with van der Waals surface area (Å²) in [5, 5.41) is 1.88. The minimum atomic E-state index is -3.41. The number of benzene rings is 3. The molecule has 0 aliphatic rings. The Morgan fingerprint density at radius 3 is 2.42 bits per heavy atom. The summed E-state index contributed by atoms with van der Waals surface area (Å²) in [6, 6.07) is 22.9. The van der Waals surface area contributed by atoms with Gasteiger partial charge >= 0.3 is 5.69 Å². The summed E-state index contributed by atoms with van der Waals surface area (Å²) in [7, 11) is -1.69. The first-order chi connectivity index (χ1) is 18.3. The van der Waals surface area contributed by atoms with Crippen molar-refractivity contribution in [3.8, 4) is 16.8 Å². The average molecular weight is 524 g/mol. The molecule has 0 atom stereocenters. The van der Waals surface area contributed by atoms with Crippen LogP contribution in [0.4, 0.5) is 5.69 Å². The van der Waals surface area contributed by atoms with Crippen LogP contribution in [0, 0.1) is 0 Å². The largest absolute Gasteiger partial charge is 0.333 e. The molecule has 0 unspecified atom stereocenters. The van der Waals surface area contributed by atoms with Crippen LogP contribution in [0.1, 0.15) is 13.3 Å². The summed E-state index contributed by atoms with van der Waals surface area (Å²) < 4.78 is 30.2. The van der Waals surface area contributed by atoms with Gasteiger partial charge in [0.25, 0.3) is 0 Å². The highest BCUT2D eigenvalue weighted by Gasteiger charge is 2.17. The number of sulfonamides is 1. The SMILES string of the molecule is CCCS(=O)(=O)Nc1ccc(-n2c(=O)n(C)c3cnc4ccc(-c5cnc6ccccc6c5)cc4c32)cc1. The van der Waals surface area contributed by atoms with Gasteiger partial charge in [-0.2, -0.15) is 0 Å². The van der Waals surface area contributed by atoms with Crippen LogP contribution in [-0.4, -0.2) is 33.3 Å². The van der Waals surface area contributed by atoms with Crippen molar-refractivity contribution in [2.45, 2.75) is 13.3 Å². The van der Waals surface area contributed by atoms with Gasteiger partial charge in [-0.1, -0.05) is 31.2 Å². The second-order valence-electron chi connectivity index (χ2n) is 9.29. The predicted molar refractivity (Wildman–Crippen MR) is 152 cm³/mol. The molecule has 0 aliphatic carbocycles. The summed E-state index contributed by atoms with van der Waals surface area (Å²) >= 11 is 0. The zero-order valence-corrected chi connectivity index (χ0v) is 21.7. The number of pyridine rings is 2. The van der Waals surface area contributed by atoms with Crippen molar-refractivity contribution in [1.29, 1.82) is 0 Å². The standard InChI is InChI=1S/C29H25N5O3S/c1-3-14-38(36,37)32-22-9-11-23(12-10-22)34-28-24-16-19(21-15-20-6-4-5-7-25(20)30-17-21)8-13-26(24)31-18-27(28)33(2)29(34)35/h4-13,15-18,32H,3,14H2,1-2H3. The van der Waals surface area contributed by atoms with Crippen LogP contribution in [0.15, 0.2) is 90.0 Å². The summed E-state index contributed by atoms with van der Waals surface area (Å²) in [6.45, 7) is 1.82. The Morgan fingerprint density at radius 2 is 1.63 bits per heavy atom. The number of hydrogen-bond acceptors (Lipinski definition) is 5. The first-order valence-corrected chi connectivity index (χ1v) is 14.0. The van der Waals surface area contributed by atoms with Gasteiger partial charge in [-0.05, 0) is 60.5 Å². The van der Waals surface area contributed by atoms with Gasteiger partial charge in [0.2, 0.25) is 10.0 Å². The van der Waals surface area contributed by atoms with Gasteiger partial charge in [0.05, 0.1) is 39.7 Å². The second-order valence-corrected chi connectivity index (χ2v) is 11.1. The van der Waals surface area contributed by atoms with Crippen LogP contribution in [0.5, 0.6) is 0 Å². The zero-order chi connectivity index (χ0) is 26.4. The predicted octanol–water partition coefficient (Wildman–Crippen LogP) is 5.24. The number of rotatable bonds is 6. The highest BCUT2D eigenvalue weighted by Crippen LogP contribution is 2.31. The molecule has 9 heteroatoms. The van der Waals surface area contributed by atoms with E-state index < -0.39 is 10.0 Å². The Balaban J connectivity index is 1.51. The Morgan fingerprint density at radius 1 is 0.868 bits per heavy atom. The third kappa shape index (κ3) is 4.10. The van der Waals surface area contributed by atoms with Crippen molar-refractivity contribution in [3.05, 3.63) is 95.7 Å². The molecule has 0 amide bonds. The normalized spacial score (nSPS) is 11.9. The van der Waals surface area contributed by atoms with Gasteiger partial charge in [0.15, 0.2) is 0 Å². The maximum absolute atomic E-state index is 13.4. The molecule has 38 heavy (non-hydrogen) atoms. The van der Waals surface area contributed by atoms with E-state index in [0.717, 1.165) is 38.4 Å². The third-order valence-corrected chi connectivity index (χ3v) is 8.17. The first-order valence-electron chi connectivity index (χ1n) is 12.3. The van der Waals surface area contributed by atoms with E-state index in [1.165, 1.54) is 0 Å². The fourth-order valence-electron chi connectivity index (χ4n) is 4.82. The second kappa shape index (κ2) is 9.11. The lowest BCUT2D eigenvalue weighted by molar-refractivity contribution is 0.600. The third-order valence-electron chi connectivity index (χ3n) is 6.68. The van der Waals surface area contributed by atoms with Crippen molar-refractivity contribution in [2.24, 2.45) is 7.05 Å². The molecule has 8 nitrogen and oxygen atoms in total. The van der Waals surface area contributed by atoms with Crippen molar-refractivity contribution in [3.63, 3.8) is 0 Å². The summed E-state index contributed by atoms with van der Waals surface area (Å²) in [6.07, 6.45) is 4.09. The van der Waals surface area contributed by atoms with Crippen LogP contribution in [0.3, 0.4) is 0 Å². The molecule has 0 saturated carbocycles. The van der Waals surface area contributed by atoms with E-state index in [-0.39, 0.29) is 11.4 Å². The van der Waals surface area contributed by atoms with Crippen LogP contribution in [0.2, 0.25) is 0 Å². The van der Waals surface area contributed by atoms with Gasteiger partial charge in [-0.15, -0.1) is 0 Å². The number of imidazole rings is 1. The van der Waals surface area contributed by atoms with Gasteiger partial charge in [0.1, 0.15) is 0 Å². The number of anilines is 1. The molecule has 190 valence electrons. The molecule has 0 radical (unpaired) electrons. The Hall–Kier alpha value is -4.50. The van der Waals surface area contributed by atoms with Gasteiger partial charge in [-0.3, -0.25) is 23.8 Å². The maximum Gasteiger partial charge on any atom is 0.333 e. The van der Waals surface area contributed by atoms with Crippen molar-refractivity contribution in [1.82, 2.24) is 19.1 Å². The molecule has 0 saturated heterocycles. The maximum atomic E-state index is 13.4. The van der Waals surface area contributed by atoms with Crippen LogP contribution < -0.4 is 10.4 Å². The van der Waals surface area contributed by atoms with E-state index in [1.807, 2.05) is 55.6 Å². The van der Waals surface area contributed by atoms with E-state index >= 15 is 0 Å². The number of nitrogens with one attached hydrogen (secondary N) is 1. The lowest BCUT2D eigenvalue weighted by atomic mass is 10.0. The van der Waals surface area contributed by atoms with Crippen molar-refractivity contribution >= 4 is 48.5 Å². The number of para-hydroxylation sites is 1.